The molecule has 0 aromatic heterocycles. The first kappa shape index (κ1) is 22.9. The van der Waals surface area contributed by atoms with Crippen molar-refractivity contribution in [2.24, 2.45) is 10.7 Å². The van der Waals surface area contributed by atoms with E-state index in [-0.39, 0.29) is 35.7 Å². The number of hydrogen-bond donors (Lipinski definition) is 2. The summed E-state index contributed by atoms with van der Waals surface area (Å²) in [6.45, 7) is 1.59. The largest absolute Gasteiger partial charge is 0.573 e. The minimum Gasteiger partial charge on any atom is -0.490 e. The van der Waals surface area contributed by atoms with Crippen LogP contribution in [0.2, 0.25) is 0 Å². The van der Waals surface area contributed by atoms with Crippen LogP contribution in [0.4, 0.5) is 18.9 Å². The molecule has 10 heteroatoms. The lowest BCUT2D eigenvalue weighted by Crippen LogP contribution is -2.23. The summed E-state index contributed by atoms with van der Waals surface area (Å²) >= 11 is 0. The average Bonchev–Trinajstić information content (AvgIpc) is 2.87. The van der Waals surface area contributed by atoms with E-state index in [1.165, 1.54) is 12.1 Å². The van der Waals surface area contributed by atoms with Crippen LogP contribution in [0.3, 0.4) is 0 Å². The molecule has 158 valence electrons. The summed E-state index contributed by atoms with van der Waals surface area (Å²) in [4.78, 5) is 4.23. The molecule has 6 nitrogen and oxygen atoms in total. The normalized spacial score (nSPS) is 13.8. The number of guanidine groups is 1. The summed E-state index contributed by atoms with van der Waals surface area (Å²) in [6, 6.07) is 11.1. The molecule has 1 heterocycles. The van der Waals surface area contributed by atoms with Gasteiger partial charge in [0.05, 0.1) is 13.2 Å². The van der Waals surface area contributed by atoms with Crippen LogP contribution < -0.4 is 25.3 Å². The Bertz CT molecular complexity index is 830. The van der Waals surface area contributed by atoms with Gasteiger partial charge in [-0.3, -0.25) is 4.99 Å². The monoisotopic (exact) mass is 523 g/mol. The van der Waals surface area contributed by atoms with Gasteiger partial charge in [-0.05, 0) is 36.2 Å². The average molecular weight is 523 g/mol. The van der Waals surface area contributed by atoms with Gasteiger partial charge in [-0.15, -0.1) is 37.1 Å². The number of rotatable bonds is 5. The van der Waals surface area contributed by atoms with E-state index in [9.17, 15) is 13.2 Å². The molecule has 1 aliphatic rings. The van der Waals surface area contributed by atoms with Crippen molar-refractivity contribution < 1.29 is 27.4 Å². The molecule has 2 aromatic rings. The molecule has 0 spiro atoms. The van der Waals surface area contributed by atoms with E-state index in [0.717, 1.165) is 17.7 Å². The summed E-state index contributed by atoms with van der Waals surface area (Å²) in [6.07, 6.45) is -3.35. The summed E-state index contributed by atoms with van der Waals surface area (Å²) < 4.78 is 51.5. The summed E-state index contributed by atoms with van der Waals surface area (Å²) in [7, 11) is 0. The second kappa shape index (κ2) is 10.4. The van der Waals surface area contributed by atoms with Crippen LogP contribution in [0.1, 0.15) is 12.0 Å². The highest BCUT2D eigenvalue weighted by Gasteiger charge is 2.30. The lowest BCUT2D eigenvalue weighted by molar-refractivity contribution is -0.274. The van der Waals surface area contributed by atoms with Crippen LogP contribution in [0.15, 0.2) is 47.5 Å². The predicted molar refractivity (Wildman–Crippen MR) is 114 cm³/mol. The number of hydrogen-bond acceptors (Lipinski definition) is 4. The number of nitrogens with two attached hydrogens (primary N) is 1. The zero-order valence-electron chi connectivity index (χ0n) is 15.4. The van der Waals surface area contributed by atoms with Crippen molar-refractivity contribution in [1.29, 1.82) is 0 Å². The highest BCUT2D eigenvalue weighted by molar-refractivity contribution is 14.0. The van der Waals surface area contributed by atoms with Crippen LogP contribution in [0.5, 0.6) is 17.2 Å². The fraction of sp³-hybridized carbons (Fsp3) is 0.316. The van der Waals surface area contributed by atoms with Crippen molar-refractivity contribution in [2.45, 2.75) is 19.2 Å². The van der Waals surface area contributed by atoms with Gasteiger partial charge < -0.3 is 25.3 Å². The summed E-state index contributed by atoms with van der Waals surface area (Å²) in [5.41, 5.74) is 7.43. The number of benzene rings is 2. The molecular weight excluding hydrogens is 502 g/mol. The standard InChI is InChI=1S/C19H20F3N3O3.HI/c20-19(21,22)28-15-5-2-13(3-6-15)8-9-24-18(23)25-14-4-7-16-17(12-14)27-11-1-10-26-16;/h2-7,12H,1,8-11H2,(H3,23,24,25);1H. The molecule has 3 rings (SSSR count). The third-order valence-corrected chi connectivity index (χ3v) is 3.86. The van der Waals surface area contributed by atoms with E-state index in [1.807, 2.05) is 6.07 Å². The Morgan fingerprint density at radius 1 is 1.07 bits per heavy atom. The molecular formula is C19H21F3IN3O3. The highest BCUT2D eigenvalue weighted by Crippen LogP contribution is 2.32. The molecule has 0 fully saturated rings. The number of nitrogens with one attached hydrogen (secondary N) is 1. The van der Waals surface area contributed by atoms with Gasteiger partial charge in [0, 0.05) is 24.7 Å². The molecule has 0 aliphatic carbocycles. The fourth-order valence-corrected chi connectivity index (χ4v) is 2.59. The molecule has 0 atom stereocenters. The van der Waals surface area contributed by atoms with Gasteiger partial charge in [-0.25, -0.2) is 0 Å². The molecule has 0 saturated carbocycles. The lowest BCUT2D eigenvalue weighted by Gasteiger charge is -2.11. The Morgan fingerprint density at radius 2 is 1.76 bits per heavy atom. The van der Waals surface area contributed by atoms with Gasteiger partial charge >= 0.3 is 6.36 Å². The van der Waals surface area contributed by atoms with Crippen LogP contribution in [0, 0.1) is 0 Å². The van der Waals surface area contributed by atoms with Crippen molar-refractivity contribution >= 4 is 35.6 Å². The van der Waals surface area contributed by atoms with E-state index in [4.69, 9.17) is 15.2 Å². The maximum Gasteiger partial charge on any atom is 0.573 e. The quantitative estimate of drug-likeness (QED) is 0.347. The molecule has 2 aromatic carbocycles. The van der Waals surface area contributed by atoms with Crippen LogP contribution in [0.25, 0.3) is 0 Å². The topological polar surface area (TPSA) is 78.1 Å². The number of halogens is 4. The number of nitrogens with zero attached hydrogens (tertiary/aromatic N) is 1. The van der Waals surface area contributed by atoms with Gasteiger partial charge in [0.2, 0.25) is 0 Å². The van der Waals surface area contributed by atoms with Gasteiger partial charge in [-0.1, -0.05) is 12.1 Å². The smallest absolute Gasteiger partial charge is 0.490 e. The number of anilines is 1. The number of alkyl halides is 3. The third-order valence-electron chi connectivity index (χ3n) is 3.86. The summed E-state index contributed by atoms with van der Waals surface area (Å²) in [5.74, 6) is 1.31. The summed E-state index contributed by atoms with van der Waals surface area (Å²) in [5, 5.41) is 2.98. The molecule has 29 heavy (non-hydrogen) atoms. The molecule has 0 unspecified atom stereocenters. The molecule has 0 saturated heterocycles. The molecule has 3 N–H and O–H groups in total. The minimum absolute atomic E-state index is 0. The van der Waals surface area contributed by atoms with Crippen LogP contribution in [-0.2, 0) is 6.42 Å². The number of fused-ring (bicyclic) bond motifs is 1. The second-order valence-corrected chi connectivity index (χ2v) is 6.05. The lowest BCUT2D eigenvalue weighted by atomic mass is 10.1. The van der Waals surface area contributed by atoms with E-state index in [1.54, 1.807) is 24.3 Å². The van der Waals surface area contributed by atoms with Crippen molar-refractivity contribution in [3.63, 3.8) is 0 Å². The maximum absolute atomic E-state index is 12.2. The Balaban J connectivity index is 0.00000300. The van der Waals surface area contributed by atoms with E-state index >= 15 is 0 Å². The van der Waals surface area contributed by atoms with Crippen molar-refractivity contribution in [2.75, 3.05) is 25.1 Å². The fourth-order valence-electron chi connectivity index (χ4n) is 2.59. The van der Waals surface area contributed by atoms with E-state index < -0.39 is 6.36 Å². The molecule has 0 radical (unpaired) electrons. The first-order valence-electron chi connectivity index (χ1n) is 8.70. The molecule has 0 bridgehead atoms. The predicted octanol–water partition coefficient (Wildman–Crippen LogP) is 4.33. The molecule has 1 aliphatic heterocycles. The highest BCUT2D eigenvalue weighted by atomic mass is 127. The van der Waals surface area contributed by atoms with Crippen molar-refractivity contribution in [1.82, 2.24) is 0 Å². The minimum atomic E-state index is -4.70. The van der Waals surface area contributed by atoms with E-state index in [2.05, 4.69) is 15.0 Å². The first-order chi connectivity index (χ1) is 13.4. The van der Waals surface area contributed by atoms with Gasteiger partial charge in [0.15, 0.2) is 17.5 Å². The first-order valence-corrected chi connectivity index (χ1v) is 8.70. The Morgan fingerprint density at radius 3 is 2.45 bits per heavy atom. The van der Waals surface area contributed by atoms with Crippen LogP contribution in [-0.4, -0.2) is 32.1 Å². The van der Waals surface area contributed by atoms with Crippen molar-refractivity contribution in [3.8, 4) is 17.2 Å². The Kier molecular flexibility index (Phi) is 8.23. The Hall–Kier alpha value is -2.37. The van der Waals surface area contributed by atoms with Crippen molar-refractivity contribution in [3.05, 3.63) is 48.0 Å². The number of aliphatic imine (C=N–C) groups is 1. The molecule has 0 amide bonds. The van der Waals surface area contributed by atoms with Gasteiger partial charge in [0.25, 0.3) is 0 Å². The van der Waals surface area contributed by atoms with Gasteiger partial charge in [-0.2, -0.15) is 0 Å². The van der Waals surface area contributed by atoms with E-state index in [0.29, 0.717) is 37.7 Å². The second-order valence-electron chi connectivity index (χ2n) is 6.05. The maximum atomic E-state index is 12.2. The van der Waals surface area contributed by atoms with Crippen LogP contribution >= 0.6 is 24.0 Å². The van der Waals surface area contributed by atoms with Gasteiger partial charge in [0.1, 0.15) is 5.75 Å². The third kappa shape index (κ3) is 7.52. The zero-order valence-corrected chi connectivity index (χ0v) is 17.7. The zero-order chi connectivity index (χ0) is 20.0. The SMILES string of the molecule is I.NC(=NCCc1ccc(OC(F)(F)F)cc1)Nc1ccc2c(c1)OCCCO2. The number of ether oxygens (including phenoxy) is 3. The Labute approximate surface area is 183 Å².